The summed E-state index contributed by atoms with van der Waals surface area (Å²) in [5.74, 6) is 0.451. The molecule has 0 aliphatic rings. The van der Waals surface area contributed by atoms with Crippen LogP contribution in [0.2, 0.25) is 5.15 Å². The van der Waals surface area contributed by atoms with Gasteiger partial charge in [0, 0.05) is 35.3 Å². The lowest BCUT2D eigenvalue weighted by Crippen LogP contribution is -2.29. The van der Waals surface area contributed by atoms with Gasteiger partial charge in [0.25, 0.3) is 11.1 Å². The van der Waals surface area contributed by atoms with E-state index in [9.17, 15) is 10.0 Å². The molecule has 0 saturated heterocycles. The van der Waals surface area contributed by atoms with Crippen molar-refractivity contribution in [2.24, 2.45) is 0 Å². The summed E-state index contributed by atoms with van der Waals surface area (Å²) in [5, 5.41) is 18.4. The summed E-state index contributed by atoms with van der Waals surface area (Å²) in [6, 6.07) is 6.90. The molecule has 0 bridgehead atoms. The zero-order chi connectivity index (χ0) is 18.8. The average Bonchev–Trinajstić information content (AvgIpc) is 3.33. The number of carbonyl (C=O) groups excluding carboxylic acids is 1. The summed E-state index contributed by atoms with van der Waals surface area (Å²) < 4.78 is 0.599. The highest BCUT2D eigenvalue weighted by atomic mass is 35.5. The quantitative estimate of drug-likeness (QED) is 0.306. The second-order valence-electron chi connectivity index (χ2n) is 5.85. The summed E-state index contributed by atoms with van der Waals surface area (Å²) >= 11 is 7.28. The average molecular weight is 400 g/mol. The highest BCUT2D eigenvalue weighted by Crippen LogP contribution is 2.23. The molecular weight excluding hydrogens is 386 g/mol. The summed E-state index contributed by atoms with van der Waals surface area (Å²) in [6.45, 7) is 0.385. The summed E-state index contributed by atoms with van der Waals surface area (Å²) in [7, 11) is 0. The molecule has 4 aromatic rings. The van der Waals surface area contributed by atoms with Gasteiger partial charge in [0.05, 0.1) is 11.1 Å². The molecule has 0 spiro atoms. The zero-order valence-corrected chi connectivity index (χ0v) is 15.5. The third-order valence-electron chi connectivity index (χ3n) is 4.06. The minimum atomic E-state index is -0.230. The monoisotopic (exact) mass is 399 g/mol. The van der Waals surface area contributed by atoms with E-state index >= 15 is 0 Å². The molecule has 4 rings (SSSR count). The van der Waals surface area contributed by atoms with E-state index in [1.54, 1.807) is 29.7 Å². The lowest BCUT2D eigenvalue weighted by Gasteiger charge is -2.06. The number of hydrogen-bond donors (Lipinski definition) is 2. The Morgan fingerprint density at radius 3 is 3.00 bits per heavy atom. The Kier molecular flexibility index (Phi) is 4.74. The number of rotatable bonds is 5. The van der Waals surface area contributed by atoms with Crippen molar-refractivity contribution in [2.75, 3.05) is 6.54 Å². The molecule has 4 heterocycles. The van der Waals surface area contributed by atoms with Gasteiger partial charge in [0.1, 0.15) is 5.82 Å². The van der Waals surface area contributed by atoms with Gasteiger partial charge in [-0.05, 0) is 41.6 Å². The fourth-order valence-electron chi connectivity index (χ4n) is 2.70. The summed E-state index contributed by atoms with van der Waals surface area (Å²) in [4.78, 5) is 24.5. The minimum absolute atomic E-state index is 0.114. The Labute approximate surface area is 163 Å². The first-order chi connectivity index (χ1) is 13.1. The topological polar surface area (TPSA) is 97.6 Å². The molecule has 0 radical (unpaired) electrons. The minimum Gasteiger partial charge on any atom is -0.618 e. The van der Waals surface area contributed by atoms with Gasteiger partial charge in [-0.1, -0.05) is 0 Å². The first-order valence-electron chi connectivity index (χ1n) is 8.15. The van der Waals surface area contributed by atoms with Crippen LogP contribution in [0.15, 0.2) is 47.4 Å². The molecule has 0 unspecified atom stereocenters. The molecule has 4 aromatic heterocycles. The molecule has 2 N–H and O–H groups in total. The zero-order valence-electron chi connectivity index (χ0n) is 14.0. The summed E-state index contributed by atoms with van der Waals surface area (Å²) in [6.07, 6.45) is 3.48. The number of nitrogens with one attached hydrogen (secondary N) is 2. The molecule has 0 aliphatic carbocycles. The fraction of sp³-hybridized carbons (Fsp3) is 0.111. The van der Waals surface area contributed by atoms with E-state index in [1.165, 1.54) is 12.3 Å². The van der Waals surface area contributed by atoms with Gasteiger partial charge in [-0.2, -0.15) is 16.1 Å². The number of aromatic amines is 1. The molecule has 27 heavy (non-hydrogen) atoms. The lowest BCUT2D eigenvalue weighted by molar-refractivity contribution is -0.603. The fourth-order valence-corrected chi connectivity index (χ4v) is 3.46. The van der Waals surface area contributed by atoms with Crippen LogP contribution in [-0.2, 0) is 6.42 Å². The number of nitrogens with zero attached hydrogens (tertiary/aromatic N) is 3. The van der Waals surface area contributed by atoms with Crippen molar-refractivity contribution < 1.29 is 9.52 Å². The van der Waals surface area contributed by atoms with Gasteiger partial charge in [-0.25, -0.2) is 9.97 Å². The molecule has 0 fully saturated rings. The Hall–Kier alpha value is -2.97. The second kappa shape index (κ2) is 7.34. The number of imidazole rings is 1. The van der Waals surface area contributed by atoms with E-state index in [0.29, 0.717) is 40.2 Å². The SMILES string of the molecule is O=C(NCCc1ccc(Cl)[n+]([O-])c1)c1ccnc2nc(-c3ccsc3)[nH]c12. The van der Waals surface area contributed by atoms with Crippen molar-refractivity contribution in [3.8, 4) is 11.4 Å². The highest BCUT2D eigenvalue weighted by Gasteiger charge is 2.15. The molecule has 0 atom stereocenters. The number of pyridine rings is 2. The largest absolute Gasteiger partial charge is 0.618 e. The van der Waals surface area contributed by atoms with E-state index in [4.69, 9.17) is 11.6 Å². The van der Waals surface area contributed by atoms with E-state index in [1.807, 2.05) is 16.8 Å². The van der Waals surface area contributed by atoms with Crippen LogP contribution in [0.25, 0.3) is 22.6 Å². The van der Waals surface area contributed by atoms with E-state index in [0.717, 1.165) is 11.1 Å². The van der Waals surface area contributed by atoms with E-state index in [-0.39, 0.29) is 11.1 Å². The van der Waals surface area contributed by atoms with E-state index in [2.05, 4.69) is 20.3 Å². The Morgan fingerprint density at radius 2 is 2.22 bits per heavy atom. The number of H-pyrrole nitrogens is 1. The van der Waals surface area contributed by atoms with Crippen LogP contribution in [0, 0.1) is 5.21 Å². The third-order valence-corrected chi connectivity index (χ3v) is 5.03. The molecule has 136 valence electrons. The third kappa shape index (κ3) is 3.62. The van der Waals surface area contributed by atoms with E-state index < -0.39 is 0 Å². The van der Waals surface area contributed by atoms with Crippen LogP contribution in [0.1, 0.15) is 15.9 Å². The van der Waals surface area contributed by atoms with Crippen LogP contribution in [-0.4, -0.2) is 27.4 Å². The molecule has 7 nitrogen and oxygen atoms in total. The van der Waals surface area contributed by atoms with Crippen molar-refractivity contribution in [3.05, 3.63) is 68.9 Å². The van der Waals surface area contributed by atoms with Crippen molar-refractivity contribution >= 4 is 40.0 Å². The number of hydrogen-bond acceptors (Lipinski definition) is 5. The van der Waals surface area contributed by atoms with Crippen molar-refractivity contribution in [1.82, 2.24) is 20.3 Å². The molecule has 0 aliphatic heterocycles. The highest BCUT2D eigenvalue weighted by molar-refractivity contribution is 7.08. The van der Waals surface area contributed by atoms with Gasteiger partial charge < -0.3 is 15.5 Å². The number of aromatic nitrogens is 4. The number of halogens is 1. The first kappa shape index (κ1) is 17.4. The lowest BCUT2D eigenvalue weighted by atomic mass is 10.2. The van der Waals surface area contributed by atoms with Gasteiger partial charge in [-0.3, -0.25) is 4.79 Å². The number of thiophene rings is 1. The first-order valence-corrected chi connectivity index (χ1v) is 9.47. The smallest absolute Gasteiger partial charge is 0.286 e. The number of amides is 1. The maximum absolute atomic E-state index is 12.6. The van der Waals surface area contributed by atoms with Gasteiger partial charge >= 0.3 is 0 Å². The maximum Gasteiger partial charge on any atom is 0.286 e. The van der Waals surface area contributed by atoms with Crippen LogP contribution in [0.4, 0.5) is 0 Å². The molecule has 0 saturated carbocycles. The second-order valence-corrected chi connectivity index (χ2v) is 7.01. The Balaban J connectivity index is 1.49. The van der Waals surface area contributed by atoms with Gasteiger partial charge in [0.15, 0.2) is 11.8 Å². The molecule has 1 amide bonds. The molecular formula is C18H14ClN5O2S. The standard InChI is InChI=1S/C18H14ClN5O2S/c19-14-2-1-11(9-24(14)26)3-6-21-18(25)13-4-7-20-17-15(13)22-16(23-17)12-5-8-27-10-12/h1-2,4-5,7-10H,3,6H2,(H,21,25)(H,20,22,23). The van der Waals surface area contributed by atoms with Crippen LogP contribution >= 0.6 is 22.9 Å². The predicted molar refractivity (Wildman–Crippen MR) is 104 cm³/mol. The predicted octanol–water partition coefficient (Wildman–Crippen LogP) is 2.95. The Morgan fingerprint density at radius 1 is 1.33 bits per heavy atom. The number of carbonyl (C=O) groups is 1. The molecule has 9 heteroatoms. The number of fused-ring (bicyclic) bond motifs is 1. The normalized spacial score (nSPS) is 11.0. The summed E-state index contributed by atoms with van der Waals surface area (Å²) in [5.41, 5.74) is 3.31. The van der Waals surface area contributed by atoms with Crippen molar-refractivity contribution in [2.45, 2.75) is 6.42 Å². The van der Waals surface area contributed by atoms with Crippen LogP contribution in [0.5, 0.6) is 0 Å². The van der Waals surface area contributed by atoms with Crippen LogP contribution in [0.3, 0.4) is 0 Å². The van der Waals surface area contributed by atoms with Gasteiger partial charge in [0.2, 0.25) is 0 Å². The van der Waals surface area contributed by atoms with Crippen molar-refractivity contribution in [1.29, 1.82) is 0 Å². The van der Waals surface area contributed by atoms with Crippen LogP contribution < -0.4 is 10.0 Å². The van der Waals surface area contributed by atoms with Crippen molar-refractivity contribution in [3.63, 3.8) is 0 Å². The molecule has 0 aromatic carbocycles. The maximum atomic E-state index is 12.6. The van der Waals surface area contributed by atoms with Gasteiger partial charge in [-0.15, -0.1) is 0 Å². The Bertz CT molecular complexity index is 1110.